The number of hydrogen-bond donors (Lipinski definition) is 1. The maximum Gasteiger partial charge on any atom is 0.143 e. The largest absolute Gasteiger partial charge is 0.381 e. The van der Waals surface area contributed by atoms with Crippen molar-refractivity contribution < 1.29 is 8.95 Å². The Morgan fingerprint density at radius 2 is 1.92 bits per heavy atom. The first kappa shape index (κ1) is 26.5. The molecule has 8 heteroatoms. The standard InChI is InChI=1S/C31H36N4O2S2/c1-18(2)23-17-39(36)30-27(25-16-22-8-12-34-31(32-4)29(22)38-25)26(21-7-11-33-19(3)15-21)24(35-28(23)30)6-5-20-9-13-37-14-10-20/h7-8,11-12,15-16,18,20,23H,5-6,9-10,13-14,17H2,1-4H3,(H,32,34). The highest BCUT2D eigenvalue weighted by Crippen LogP contribution is 2.50. The van der Waals surface area contributed by atoms with Gasteiger partial charge in [-0.05, 0) is 79.7 Å². The summed E-state index contributed by atoms with van der Waals surface area (Å²) in [4.78, 5) is 16.5. The van der Waals surface area contributed by atoms with Gasteiger partial charge in [-0.2, -0.15) is 0 Å². The Morgan fingerprint density at radius 1 is 1.13 bits per heavy atom. The minimum atomic E-state index is -1.11. The Labute approximate surface area is 237 Å². The molecule has 0 spiro atoms. The minimum absolute atomic E-state index is 0.193. The van der Waals surface area contributed by atoms with Crippen molar-refractivity contribution in [3.8, 4) is 21.6 Å². The van der Waals surface area contributed by atoms with E-state index in [9.17, 15) is 4.21 Å². The molecule has 0 saturated carbocycles. The summed E-state index contributed by atoms with van der Waals surface area (Å²) in [6.07, 6.45) is 7.92. The zero-order valence-electron chi connectivity index (χ0n) is 23.1. The quantitative estimate of drug-likeness (QED) is 0.263. The van der Waals surface area contributed by atoms with Crippen molar-refractivity contribution in [1.82, 2.24) is 15.0 Å². The van der Waals surface area contributed by atoms with Crippen molar-refractivity contribution in [2.24, 2.45) is 11.8 Å². The van der Waals surface area contributed by atoms with Crippen LogP contribution in [0.1, 0.15) is 56.1 Å². The predicted molar refractivity (Wildman–Crippen MR) is 161 cm³/mol. The number of thiophene rings is 1. The van der Waals surface area contributed by atoms with Gasteiger partial charge in [0.2, 0.25) is 0 Å². The van der Waals surface area contributed by atoms with Crippen molar-refractivity contribution in [3.05, 3.63) is 53.7 Å². The fraction of sp³-hybridized carbons (Fsp3) is 0.452. The summed E-state index contributed by atoms with van der Waals surface area (Å²) >= 11 is 1.73. The van der Waals surface area contributed by atoms with E-state index in [1.54, 1.807) is 11.3 Å². The van der Waals surface area contributed by atoms with Crippen LogP contribution in [0.25, 0.3) is 31.7 Å². The summed E-state index contributed by atoms with van der Waals surface area (Å²) < 4.78 is 20.7. The summed E-state index contributed by atoms with van der Waals surface area (Å²) in [6, 6.07) is 8.55. The number of aryl methyl sites for hydroxylation is 2. The highest BCUT2D eigenvalue weighted by Gasteiger charge is 2.37. The van der Waals surface area contributed by atoms with E-state index < -0.39 is 10.8 Å². The average Bonchev–Trinajstić information content (AvgIpc) is 3.53. The van der Waals surface area contributed by atoms with Crippen LogP contribution in [0.15, 0.2) is 41.6 Å². The number of hydrogen-bond acceptors (Lipinski definition) is 7. The zero-order valence-corrected chi connectivity index (χ0v) is 24.8. The summed E-state index contributed by atoms with van der Waals surface area (Å²) in [5.41, 5.74) is 6.44. The highest BCUT2D eigenvalue weighted by atomic mass is 32.2. The second-order valence-electron chi connectivity index (χ2n) is 11.1. The van der Waals surface area contributed by atoms with Crippen LogP contribution >= 0.6 is 11.3 Å². The molecular weight excluding hydrogens is 525 g/mol. The normalized spacial score (nSPS) is 19.6. The van der Waals surface area contributed by atoms with Gasteiger partial charge in [-0.25, -0.2) is 4.98 Å². The lowest BCUT2D eigenvalue weighted by molar-refractivity contribution is 0.0639. The third-order valence-corrected chi connectivity index (χ3v) is 10.9. The van der Waals surface area contributed by atoms with E-state index in [-0.39, 0.29) is 5.92 Å². The Hall–Kier alpha value is -2.68. The molecule has 6 rings (SSSR count). The molecule has 1 fully saturated rings. The van der Waals surface area contributed by atoms with Gasteiger partial charge in [0, 0.05) is 71.7 Å². The number of ether oxygens (including phenoxy) is 1. The van der Waals surface area contributed by atoms with E-state index in [1.807, 2.05) is 26.4 Å². The fourth-order valence-electron chi connectivity index (χ4n) is 6.02. The van der Waals surface area contributed by atoms with E-state index in [1.165, 1.54) is 0 Å². The number of aromatic nitrogens is 3. The monoisotopic (exact) mass is 560 g/mol. The van der Waals surface area contributed by atoms with Crippen LogP contribution in [0.4, 0.5) is 5.82 Å². The van der Waals surface area contributed by atoms with Crippen LogP contribution in [0.2, 0.25) is 0 Å². The Kier molecular flexibility index (Phi) is 7.53. The topological polar surface area (TPSA) is 77.0 Å². The van der Waals surface area contributed by atoms with Crippen LogP contribution < -0.4 is 5.32 Å². The van der Waals surface area contributed by atoms with Crippen molar-refractivity contribution in [2.45, 2.75) is 57.3 Å². The second-order valence-corrected chi connectivity index (χ2v) is 13.6. The molecule has 2 aliphatic heterocycles. The molecule has 2 atom stereocenters. The first-order chi connectivity index (χ1) is 18.9. The Balaban J connectivity index is 1.62. The summed E-state index contributed by atoms with van der Waals surface area (Å²) in [5.74, 6) is 2.72. The van der Waals surface area contributed by atoms with Crippen LogP contribution in [0.3, 0.4) is 0 Å². The molecule has 1 N–H and O–H groups in total. The molecule has 0 amide bonds. The van der Waals surface area contributed by atoms with Crippen LogP contribution in [0.5, 0.6) is 0 Å². The smallest absolute Gasteiger partial charge is 0.143 e. The lowest BCUT2D eigenvalue weighted by Gasteiger charge is -2.24. The number of pyridine rings is 3. The van der Waals surface area contributed by atoms with E-state index in [2.05, 4.69) is 53.4 Å². The number of fused-ring (bicyclic) bond motifs is 2. The fourth-order valence-corrected chi connectivity index (χ4v) is 9.20. The average molecular weight is 561 g/mol. The van der Waals surface area contributed by atoms with E-state index in [0.29, 0.717) is 17.6 Å². The van der Waals surface area contributed by atoms with Gasteiger partial charge in [-0.15, -0.1) is 11.3 Å². The molecule has 1 saturated heterocycles. The first-order valence-electron chi connectivity index (χ1n) is 14.0. The molecule has 39 heavy (non-hydrogen) atoms. The zero-order chi connectivity index (χ0) is 27.1. The second kappa shape index (κ2) is 11.1. The molecular formula is C31H36N4O2S2. The van der Waals surface area contributed by atoms with E-state index in [4.69, 9.17) is 9.72 Å². The molecule has 0 aliphatic carbocycles. The summed E-state index contributed by atoms with van der Waals surface area (Å²) in [5, 5.41) is 4.39. The predicted octanol–water partition coefficient (Wildman–Crippen LogP) is 6.99. The SMILES string of the molecule is CNc1nccc2cc(-c3c(-c4ccnc(C)c4)c(CCC4CCOCC4)nc4c3S(=O)CC4C(C)C)sc12. The van der Waals surface area contributed by atoms with Crippen LogP contribution in [-0.2, 0) is 22.0 Å². The Bertz CT molecular complexity index is 1540. The summed E-state index contributed by atoms with van der Waals surface area (Å²) in [6.45, 7) is 8.18. The number of anilines is 1. The van der Waals surface area contributed by atoms with Crippen molar-refractivity contribution >= 4 is 38.0 Å². The van der Waals surface area contributed by atoms with Gasteiger partial charge in [0.25, 0.3) is 0 Å². The molecule has 4 aromatic rings. The van der Waals surface area contributed by atoms with E-state index in [0.717, 1.165) is 98.3 Å². The molecule has 0 aromatic carbocycles. The lowest BCUT2D eigenvalue weighted by atomic mass is 9.87. The van der Waals surface area contributed by atoms with Gasteiger partial charge in [-0.3, -0.25) is 14.2 Å². The van der Waals surface area contributed by atoms with Gasteiger partial charge >= 0.3 is 0 Å². The van der Waals surface area contributed by atoms with E-state index >= 15 is 0 Å². The van der Waals surface area contributed by atoms with Gasteiger partial charge < -0.3 is 10.1 Å². The van der Waals surface area contributed by atoms with Gasteiger partial charge in [0.1, 0.15) is 5.82 Å². The third-order valence-electron chi connectivity index (χ3n) is 8.20. The molecule has 6 heterocycles. The minimum Gasteiger partial charge on any atom is -0.381 e. The first-order valence-corrected chi connectivity index (χ1v) is 16.1. The van der Waals surface area contributed by atoms with Gasteiger partial charge in [0.05, 0.1) is 26.1 Å². The summed E-state index contributed by atoms with van der Waals surface area (Å²) in [7, 11) is 0.795. The molecule has 2 aliphatic rings. The maximum atomic E-state index is 13.9. The van der Waals surface area contributed by atoms with Crippen molar-refractivity contribution in [1.29, 1.82) is 0 Å². The maximum absolute atomic E-state index is 13.9. The Morgan fingerprint density at radius 3 is 2.67 bits per heavy atom. The molecule has 204 valence electrons. The highest BCUT2D eigenvalue weighted by molar-refractivity contribution is 7.85. The molecule has 4 aromatic heterocycles. The van der Waals surface area contributed by atoms with Crippen LogP contribution in [0, 0.1) is 18.8 Å². The number of nitrogens with zero attached hydrogens (tertiary/aromatic N) is 3. The van der Waals surface area contributed by atoms with Gasteiger partial charge in [-0.1, -0.05) is 13.8 Å². The number of nitrogens with one attached hydrogen (secondary N) is 1. The van der Waals surface area contributed by atoms with Crippen LogP contribution in [-0.4, -0.2) is 45.2 Å². The lowest BCUT2D eigenvalue weighted by Crippen LogP contribution is -2.17. The van der Waals surface area contributed by atoms with Crippen molar-refractivity contribution in [2.75, 3.05) is 31.3 Å². The number of rotatable bonds is 7. The molecule has 6 nitrogen and oxygen atoms in total. The molecule has 2 unspecified atom stereocenters. The van der Waals surface area contributed by atoms with Gasteiger partial charge in [0.15, 0.2) is 0 Å². The molecule has 0 bridgehead atoms. The third kappa shape index (κ3) is 5.03. The molecule has 0 radical (unpaired) electrons. The van der Waals surface area contributed by atoms with Crippen molar-refractivity contribution in [3.63, 3.8) is 0 Å².